The Labute approximate surface area is 78.2 Å². The molecule has 0 saturated carbocycles. The molecule has 0 aliphatic carbocycles. The van der Waals surface area contributed by atoms with Crippen LogP contribution < -0.4 is 0 Å². The van der Waals surface area contributed by atoms with Crippen molar-refractivity contribution >= 4 is 18.7 Å². The van der Waals surface area contributed by atoms with Gasteiger partial charge in [0.15, 0.2) is 0 Å². The standard InChI is InChI=1S/C10H12OS/c11-7-10(8-12)6-9-4-2-1-3-5-9/h1-6,11-12H,7-8H2/b10-6-. The molecule has 0 bridgehead atoms. The lowest BCUT2D eigenvalue weighted by Gasteiger charge is -1.98. The first-order chi connectivity index (χ1) is 5.86. The van der Waals surface area contributed by atoms with Gasteiger partial charge in [-0.05, 0) is 11.1 Å². The van der Waals surface area contributed by atoms with Gasteiger partial charge in [0.05, 0.1) is 6.61 Å². The molecule has 1 nitrogen and oxygen atoms in total. The number of thiol groups is 1. The van der Waals surface area contributed by atoms with Crippen molar-refractivity contribution in [1.29, 1.82) is 0 Å². The van der Waals surface area contributed by atoms with Crippen LogP contribution in [0.4, 0.5) is 0 Å². The fourth-order valence-electron chi connectivity index (χ4n) is 0.926. The van der Waals surface area contributed by atoms with Crippen molar-refractivity contribution in [3.8, 4) is 0 Å². The summed E-state index contributed by atoms with van der Waals surface area (Å²) in [6, 6.07) is 9.91. The molecule has 0 atom stereocenters. The minimum atomic E-state index is 0.0817. The SMILES string of the molecule is OC/C(=C/c1ccccc1)CS. The molecule has 0 amide bonds. The number of aliphatic hydroxyl groups excluding tert-OH is 1. The molecule has 1 aromatic carbocycles. The minimum Gasteiger partial charge on any atom is -0.392 e. The Morgan fingerprint density at radius 3 is 2.50 bits per heavy atom. The van der Waals surface area contributed by atoms with Gasteiger partial charge in [-0.25, -0.2) is 0 Å². The Morgan fingerprint density at radius 1 is 1.33 bits per heavy atom. The smallest absolute Gasteiger partial charge is 0.0653 e. The molecule has 0 radical (unpaired) electrons. The lowest BCUT2D eigenvalue weighted by Crippen LogP contribution is -1.90. The van der Waals surface area contributed by atoms with Gasteiger partial charge in [-0.1, -0.05) is 36.4 Å². The van der Waals surface area contributed by atoms with Gasteiger partial charge in [-0.3, -0.25) is 0 Å². The second kappa shape index (κ2) is 5.01. The maximum atomic E-state index is 8.87. The van der Waals surface area contributed by atoms with E-state index in [1.165, 1.54) is 0 Å². The van der Waals surface area contributed by atoms with E-state index in [0.717, 1.165) is 11.1 Å². The van der Waals surface area contributed by atoms with Crippen LogP contribution in [0.3, 0.4) is 0 Å². The average molecular weight is 180 g/mol. The van der Waals surface area contributed by atoms with Crippen molar-refractivity contribution in [3.05, 3.63) is 41.5 Å². The summed E-state index contributed by atoms with van der Waals surface area (Å²) in [7, 11) is 0. The first-order valence-electron chi connectivity index (χ1n) is 3.83. The van der Waals surface area contributed by atoms with Crippen LogP contribution in [0, 0.1) is 0 Å². The van der Waals surface area contributed by atoms with Crippen LogP contribution in [0.15, 0.2) is 35.9 Å². The van der Waals surface area contributed by atoms with E-state index in [1.807, 2.05) is 36.4 Å². The van der Waals surface area contributed by atoms with Crippen LogP contribution in [0.5, 0.6) is 0 Å². The van der Waals surface area contributed by atoms with E-state index >= 15 is 0 Å². The summed E-state index contributed by atoms with van der Waals surface area (Å²) in [6.07, 6.45) is 1.95. The topological polar surface area (TPSA) is 20.2 Å². The van der Waals surface area contributed by atoms with E-state index < -0.39 is 0 Å². The summed E-state index contributed by atoms with van der Waals surface area (Å²) < 4.78 is 0. The second-order valence-corrected chi connectivity index (χ2v) is 2.85. The molecule has 2 heteroatoms. The van der Waals surface area contributed by atoms with E-state index in [-0.39, 0.29) is 6.61 Å². The van der Waals surface area contributed by atoms with Gasteiger partial charge >= 0.3 is 0 Å². The number of hydrogen-bond acceptors (Lipinski definition) is 2. The Balaban J connectivity index is 2.79. The van der Waals surface area contributed by atoms with Gasteiger partial charge in [0.25, 0.3) is 0 Å². The van der Waals surface area contributed by atoms with Crippen molar-refractivity contribution < 1.29 is 5.11 Å². The summed E-state index contributed by atoms with van der Waals surface area (Å²) in [6.45, 7) is 0.0817. The van der Waals surface area contributed by atoms with Crippen LogP contribution in [-0.2, 0) is 0 Å². The van der Waals surface area contributed by atoms with Crippen molar-refractivity contribution in [2.24, 2.45) is 0 Å². The zero-order valence-electron chi connectivity index (χ0n) is 6.77. The average Bonchev–Trinajstić information content (AvgIpc) is 2.16. The van der Waals surface area contributed by atoms with Crippen molar-refractivity contribution in [3.63, 3.8) is 0 Å². The summed E-state index contributed by atoms with van der Waals surface area (Å²) in [5.41, 5.74) is 2.04. The third kappa shape index (κ3) is 2.72. The minimum absolute atomic E-state index is 0.0817. The lowest BCUT2D eigenvalue weighted by atomic mass is 10.1. The summed E-state index contributed by atoms with van der Waals surface area (Å²) in [5.74, 6) is 0.603. The first-order valence-corrected chi connectivity index (χ1v) is 4.46. The molecule has 1 aromatic rings. The van der Waals surface area contributed by atoms with E-state index in [4.69, 9.17) is 5.11 Å². The molecule has 0 heterocycles. The highest BCUT2D eigenvalue weighted by molar-refractivity contribution is 7.80. The molecule has 1 N–H and O–H groups in total. The monoisotopic (exact) mass is 180 g/mol. The second-order valence-electron chi connectivity index (χ2n) is 2.53. The summed E-state index contributed by atoms with van der Waals surface area (Å²) in [4.78, 5) is 0. The van der Waals surface area contributed by atoms with Crippen molar-refractivity contribution in [2.45, 2.75) is 0 Å². The highest BCUT2D eigenvalue weighted by Gasteiger charge is 1.91. The highest BCUT2D eigenvalue weighted by atomic mass is 32.1. The lowest BCUT2D eigenvalue weighted by molar-refractivity contribution is 0.333. The fraction of sp³-hybridized carbons (Fsp3) is 0.200. The van der Waals surface area contributed by atoms with Crippen LogP contribution in [0.1, 0.15) is 5.56 Å². The van der Waals surface area contributed by atoms with Crippen LogP contribution in [0.25, 0.3) is 6.08 Å². The van der Waals surface area contributed by atoms with Crippen LogP contribution in [-0.4, -0.2) is 17.5 Å². The Morgan fingerprint density at radius 2 is 2.00 bits per heavy atom. The molecule has 1 rings (SSSR count). The molecule has 64 valence electrons. The zero-order chi connectivity index (χ0) is 8.81. The van der Waals surface area contributed by atoms with Crippen molar-refractivity contribution in [1.82, 2.24) is 0 Å². The molecular weight excluding hydrogens is 168 g/mol. The molecular formula is C10H12OS. The zero-order valence-corrected chi connectivity index (χ0v) is 7.67. The van der Waals surface area contributed by atoms with E-state index in [0.29, 0.717) is 5.75 Å². The first kappa shape index (κ1) is 9.36. The molecule has 0 fully saturated rings. The summed E-state index contributed by atoms with van der Waals surface area (Å²) in [5, 5.41) is 8.87. The van der Waals surface area contributed by atoms with Crippen molar-refractivity contribution in [2.75, 3.05) is 12.4 Å². The molecule has 0 aliphatic heterocycles. The number of benzene rings is 1. The summed E-state index contributed by atoms with van der Waals surface area (Å²) >= 11 is 4.10. The number of rotatable bonds is 3. The molecule has 0 unspecified atom stereocenters. The molecule has 12 heavy (non-hydrogen) atoms. The van der Waals surface area contributed by atoms with Crippen LogP contribution >= 0.6 is 12.6 Å². The third-order valence-electron chi connectivity index (χ3n) is 1.58. The Bertz CT molecular complexity index is 248. The van der Waals surface area contributed by atoms with E-state index in [2.05, 4.69) is 12.6 Å². The molecule has 0 aliphatic rings. The number of hydrogen-bond donors (Lipinski definition) is 2. The quantitative estimate of drug-likeness (QED) is 0.682. The van der Waals surface area contributed by atoms with Gasteiger partial charge in [0.1, 0.15) is 0 Å². The molecule has 0 saturated heterocycles. The van der Waals surface area contributed by atoms with Gasteiger partial charge in [-0.15, -0.1) is 0 Å². The highest BCUT2D eigenvalue weighted by Crippen LogP contribution is 2.06. The third-order valence-corrected chi connectivity index (χ3v) is 1.98. The van der Waals surface area contributed by atoms with Gasteiger partial charge in [0.2, 0.25) is 0 Å². The van der Waals surface area contributed by atoms with E-state index in [1.54, 1.807) is 0 Å². The molecule has 0 spiro atoms. The Kier molecular flexibility index (Phi) is 3.91. The maximum absolute atomic E-state index is 8.87. The fourth-order valence-corrected chi connectivity index (χ4v) is 1.12. The van der Waals surface area contributed by atoms with E-state index in [9.17, 15) is 0 Å². The van der Waals surface area contributed by atoms with Gasteiger partial charge in [-0.2, -0.15) is 12.6 Å². The number of aliphatic hydroxyl groups is 1. The normalized spacial score (nSPS) is 11.7. The largest absolute Gasteiger partial charge is 0.392 e. The van der Waals surface area contributed by atoms with Gasteiger partial charge in [0, 0.05) is 5.75 Å². The predicted octanol–water partition coefficient (Wildman–Crippen LogP) is 1.99. The molecule has 0 aromatic heterocycles. The predicted molar refractivity (Wildman–Crippen MR) is 55.4 cm³/mol. The Hall–Kier alpha value is -0.730. The maximum Gasteiger partial charge on any atom is 0.0653 e. The van der Waals surface area contributed by atoms with Gasteiger partial charge < -0.3 is 5.11 Å². The van der Waals surface area contributed by atoms with Crippen LogP contribution in [0.2, 0.25) is 0 Å².